The number of rotatable bonds is 2. The van der Waals surface area contributed by atoms with Crippen LogP contribution < -0.4 is 5.73 Å². The highest BCUT2D eigenvalue weighted by Gasteiger charge is 2.34. The molecule has 0 atom stereocenters. The van der Waals surface area contributed by atoms with Crippen molar-refractivity contribution in [2.24, 2.45) is 5.73 Å². The molecule has 0 saturated carbocycles. The number of carbonyl (C=O) groups excluding carboxylic acids is 1. The van der Waals surface area contributed by atoms with Crippen LogP contribution in [-0.4, -0.2) is 19.8 Å². The van der Waals surface area contributed by atoms with Crippen molar-refractivity contribution in [3.05, 3.63) is 40.8 Å². The van der Waals surface area contributed by atoms with Crippen molar-refractivity contribution in [3.63, 3.8) is 0 Å². The molecule has 3 heterocycles. The Hall–Kier alpha value is -1.23. The standard InChI is InChI=1S/C14H12Cl3N3O/c15-12-8(2-1-4-19-12)10-6-9(13(18)21)11-7-14(16,17)3-5-20(10)11/h1-2,4,6H,3,5,7H2,(H2,18,21). The fraction of sp³-hybridized carbons (Fsp3) is 0.286. The maximum absolute atomic E-state index is 11.7. The summed E-state index contributed by atoms with van der Waals surface area (Å²) in [7, 11) is 0. The van der Waals surface area contributed by atoms with Crippen LogP contribution in [0.1, 0.15) is 22.5 Å². The summed E-state index contributed by atoms with van der Waals surface area (Å²) in [5.41, 5.74) is 8.20. The van der Waals surface area contributed by atoms with Gasteiger partial charge in [0.15, 0.2) is 0 Å². The third kappa shape index (κ3) is 2.63. The first kappa shape index (κ1) is 14.7. The molecule has 3 rings (SSSR count). The molecule has 7 heteroatoms. The second kappa shape index (κ2) is 5.20. The van der Waals surface area contributed by atoms with Gasteiger partial charge in [-0.05, 0) is 24.6 Å². The molecule has 1 aliphatic rings. The minimum atomic E-state index is -0.880. The quantitative estimate of drug-likeness (QED) is 0.670. The second-order valence-electron chi connectivity index (χ2n) is 5.03. The molecule has 2 aromatic rings. The number of hydrogen-bond donors (Lipinski definition) is 1. The molecular formula is C14H12Cl3N3O. The number of halogens is 3. The van der Waals surface area contributed by atoms with Crippen LogP contribution in [0.3, 0.4) is 0 Å². The van der Waals surface area contributed by atoms with Crippen molar-refractivity contribution in [3.8, 4) is 11.3 Å². The number of pyridine rings is 1. The first-order chi connectivity index (χ1) is 9.89. The summed E-state index contributed by atoms with van der Waals surface area (Å²) >= 11 is 18.6. The van der Waals surface area contributed by atoms with E-state index < -0.39 is 10.2 Å². The van der Waals surface area contributed by atoms with E-state index in [2.05, 4.69) is 4.98 Å². The van der Waals surface area contributed by atoms with Gasteiger partial charge in [0.05, 0.1) is 11.3 Å². The molecule has 1 amide bonds. The summed E-state index contributed by atoms with van der Waals surface area (Å²) < 4.78 is 1.11. The molecule has 0 aliphatic carbocycles. The first-order valence-electron chi connectivity index (χ1n) is 6.40. The maximum Gasteiger partial charge on any atom is 0.250 e. The lowest BCUT2D eigenvalue weighted by Crippen LogP contribution is -2.29. The Balaban J connectivity index is 2.21. The predicted octanol–water partition coefficient (Wildman–Crippen LogP) is 3.42. The minimum Gasteiger partial charge on any atom is -0.366 e. The van der Waals surface area contributed by atoms with Gasteiger partial charge in [0.1, 0.15) is 9.49 Å². The van der Waals surface area contributed by atoms with Gasteiger partial charge in [-0.3, -0.25) is 4.79 Å². The lowest BCUT2D eigenvalue weighted by Gasteiger charge is -2.28. The van der Waals surface area contributed by atoms with Gasteiger partial charge in [0, 0.05) is 30.4 Å². The predicted molar refractivity (Wildman–Crippen MR) is 83.9 cm³/mol. The van der Waals surface area contributed by atoms with Crippen LogP contribution in [0.25, 0.3) is 11.3 Å². The van der Waals surface area contributed by atoms with Crippen LogP contribution >= 0.6 is 34.8 Å². The molecule has 1 aliphatic heterocycles. The van der Waals surface area contributed by atoms with Crippen LogP contribution in [-0.2, 0) is 13.0 Å². The first-order valence-corrected chi connectivity index (χ1v) is 7.53. The lowest BCUT2D eigenvalue weighted by atomic mass is 10.1. The molecule has 0 spiro atoms. The average molecular weight is 345 g/mol. The van der Waals surface area contributed by atoms with Crippen molar-refractivity contribution in [1.82, 2.24) is 9.55 Å². The van der Waals surface area contributed by atoms with E-state index in [0.29, 0.717) is 30.1 Å². The van der Waals surface area contributed by atoms with Gasteiger partial charge in [-0.1, -0.05) is 11.6 Å². The van der Waals surface area contributed by atoms with E-state index >= 15 is 0 Å². The molecule has 0 saturated heterocycles. The molecule has 0 aromatic carbocycles. The number of carbonyl (C=O) groups is 1. The Labute approximate surface area is 136 Å². The Bertz CT molecular complexity index is 724. The molecular weight excluding hydrogens is 333 g/mol. The van der Waals surface area contributed by atoms with Gasteiger partial charge in [-0.15, -0.1) is 23.2 Å². The van der Waals surface area contributed by atoms with Crippen LogP contribution in [0.2, 0.25) is 5.15 Å². The average Bonchev–Trinajstić information content (AvgIpc) is 2.76. The molecule has 0 radical (unpaired) electrons. The molecule has 21 heavy (non-hydrogen) atoms. The summed E-state index contributed by atoms with van der Waals surface area (Å²) in [4.78, 5) is 15.8. The smallest absolute Gasteiger partial charge is 0.250 e. The van der Waals surface area contributed by atoms with Crippen molar-refractivity contribution < 1.29 is 4.79 Å². The number of nitrogens with zero attached hydrogens (tertiary/aromatic N) is 2. The normalized spacial score (nSPS) is 16.5. The highest BCUT2D eigenvalue weighted by molar-refractivity contribution is 6.48. The Morgan fingerprint density at radius 3 is 2.86 bits per heavy atom. The summed E-state index contributed by atoms with van der Waals surface area (Å²) in [6, 6.07) is 5.38. The molecule has 2 N–H and O–H groups in total. The van der Waals surface area contributed by atoms with E-state index in [-0.39, 0.29) is 0 Å². The highest BCUT2D eigenvalue weighted by atomic mass is 35.5. The monoisotopic (exact) mass is 343 g/mol. The molecule has 4 nitrogen and oxygen atoms in total. The second-order valence-corrected chi connectivity index (χ2v) is 7.03. The van der Waals surface area contributed by atoms with E-state index in [1.165, 1.54) is 0 Å². The number of aromatic nitrogens is 2. The number of amides is 1. The van der Waals surface area contributed by atoms with E-state index in [4.69, 9.17) is 40.5 Å². The van der Waals surface area contributed by atoms with Gasteiger partial charge in [-0.2, -0.15) is 0 Å². The van der Waals surface area contributed by atoms with Gasteiger partial charge >= 0.3 is 0 Å². The van der Waals surface area contributed by atoms with Gasteiger partial charge in [0.2, 0.25) is 0 Å². The van der Waals surface area contributed by atoms with E-state index in [1.54, 1.807) is 18.3 Å². The molecule has 110 valence electrons. The number of fused-ring (bicyclic) bond motifs is 1. The van der Waals surface area contributed by atoms with Crippen molar-refractivity contribution in [2.75, 3.05) is 0 Å². The molecule has 0 unspecified atom stereocenters. The Morgan fingerprint density at radius 1 is 1.43 bits per heavy atom. The number of primary amides is 1. The summed E-state index contributed by atoms with van der Waals surface area (Å²) in [5.74, 6) is -0.504. The van der Waals surface area contributed by atoms with Crippen molar-refractivity contribution in [1.29, 1.82) is 0 Å². The summed E-state index contributed by atoms with van der Waals surface area (Å²) in [6.45, 7) is 0.593. The van der Waals surface area contributed by atoms with Crippen molar-refractivity contribution >= 4 is 40.7 Å². The molecule has 2 aromatic heterocycles. The van der Waals surface area contributed by atoms with Gasteiger partial charge < -0.3 is 10.3 Å². The largest absolute Gasteiger partial charge is 0.366 e. The van der Waals surface area contributed by atoms with Crippen LogP contribution in [0.15, 0.2) is 24.4 Å². The Kier molecular flexibility index (Phi) is 3.64. The number of nitrogens with two attached hydrogens (primary N) is 1. The minimum absolute atomic E-state index is 0.367. The van der Waals surface area contributed by atoms with Crippen molar-refractivity contribution in [2.45, 2.75) is 23.7 Å². The zero-order valence-corrected chi connectivity index (χ0v) is 13.2. The fourth-order valence-corrected chi connectivity index (χ4v) is 3.30. The van der Waals surface area contributed by atoms with E-state index in [1.807, 2.05) is 10.6 Å². The van der Waals surface area contributed by atoms with Gasteiger partial charge in [-0.25, -0.2) is 4.98 Å². The zero-order chi connectivity index (χ0) is 15.2. The third-order valence-corrected chi connectivity index (χ3v) is 4.58. The van der Waals surface area contributed by atoms with E-state index in [0.717, 1.165) is 17.0 Å². The lowest BCUT2D eigenvalue weighted by molar-refractivity contribution is 0.0999. The van der Waals surface area contributed by atoms with Gasteiger partial charge in [0.25, 0.3) is 5.91 Å². The van der Waals surface area contributed by atoms with Crippen LogP contribution in [0, 0.1) is 0 Å². The maximum atomic E-state index is 11.7. The fourth-order valence-electron chi connectivity index (χ4n) is 2.66. The highest BCUT2D eigenvalue weighted by Crippen LogP contribution is 2.40. The van der Waals surface area contributed by atoms with E-state index in [9.17, 15) is 4.79 Å². The zero-order valence-electron chi connectivity index (χ0n) is 10.9. The Morgan fingerprint density at radius 2 is 2.19 bits per heavy atom. The van der Waals surface area contributed by atoms with Crippen LogP contribution in [0.5, 0.6) is 0 Å². The topological polar surface area (TPSA) is 60.9 Å². The summed E-state index contributed by atoms with van der Waals surface area (Å²) in [5, 5.41) is 0.377. The van der Waals surface area contributed by atoms with Crippen LogP contribution in [0.4, 0.5) is 0 Å². The summed E-state index contributed by atoms with van der Waals surface area (Å²) in [6.07, 6.45) is 2.57. The molecule has 0 bridgehead atoms. The number of alkyl halides is 2. The number of hydrogen-bond acceptors (Lipinski definition) is 2. The molecule has 0 fully saturated rings. The third-order valence-electron chi connectivity index (χ3n) is 3.64. The SMILES string of the molecule is NC(=O)c1cc(-c2cccnc2Cl)n2c1CC(Cl)(Cl)CC2.